The highest BCUT2D eigenvalue weighted by atomic mass is 19.1. The fourth-order valence-electron chi connectivity index (χ4n) is 1.83. The molecule has 0 bridgehead atoms. The molecule has 0 heterocycles. The number of methoxy groups -OCH3 is 1. The van der Waals surface area contributed by atoms with Crippen LogP contribution in [0.2, 0.25) is 0 Å². The van der Waals surface area contributed by atoms with Gasteiger partial charge in [-0.2, -0.15) is 0 Å². The number of hydrogen-bond acceptors (Lipinski definition) is 3. The molecule has 0 unspecified atom stereocenters. The highest BCUT2D eigenvalue weighted by Crippen LogP contribution is 2.26. The molecule has 0 aliphatic carbocycles. The summed E-state index contributed by atoms with van der Waals surface area (Å²) in [5, 5.41) is 0. The molecule has 0 amide bonds. The van der Waals surface area contributed by atoms with Crippen LogP contribution in [0, 0.1) is 11.6 Å². The van der Waals surface area contributed by atoms with Crippen molar-refractivity contribution in [2.45, 2.75) is 26.4 Å². The molecule has 0 saturated heterocycles. The zero-order valence-electron chi connectivity index (χ0n) is 11.0. The van der Waals surface area contributed by atoms with E-state index in [2.05, 4.69) is 0 Å². The van der Waals surface area contributed by atoms with Crippen molar-refractivity contribution in [2.24, 2.45) is 5.73 Å². The largest absolute Gasteiger partial charge is 0.383 e. The standard InChI is InChI=1S/C13H20F2N2O/c1-9(2)17(4-5-18-3)13-11(14)6-10(8-16)7-12(13)15/h6-7,9H,4-5,8,16H2,1-3H3. The van der Waals surface area contributed by atoms with Gasteiger partial charge in [0.15, 0.2) is 0 Å². The molecule has 1 aromatic carbocycles. The molecule has 0 radical (unpaired) electrons. The SMILES string of the molecule is COCCN(c1c(F)cc(CN)cc1F)C(C)C. The number of nitrogens with zero attached hydrogens (tertiary/aromatic N) is 1. The summed E-state index contributed by atoms with van der Waals surface area (Å²) in [7, 11) is 1.56. The summed E-state index contributed by atoms with van der Waals surface area (Å²) in [6.07, 6.45) is 0. The molecule has 2 N–H and O–H groups in total. The van der Waals surface area contributed by atoms with Gasteiger partial charge < -0.3 is 15.4 Å². The first kappa shape index (κ1) is 14.9. The summed E-state index contributed by atoms with van der Waals surface area (Å²) >= 11 is 0. The van der Waals surface area contributed by atoms with Gasteiger partial charge in [-0.15, -0.1) is 0 Å². The molecule has 0 aliphatic heterocycles. The van der Waals surface area contributed by atoms with Crippen LogP contribution >= 0.6 is 0 Å². The lowest BCUT2D eigenvalue weighted by Gasteiger charge is -2.29. The third-order valence-corrected chi connectivity index (χ3v) is 2.76. The monoisotopic (exact) mass is 258 g/mol. The summed E-state index contributed by atoms with van der Waals surface area (Å²) in [5.41, 5.74) is 5.82. The Balaban J connectivity index is 3.11. The summed E-state index contributed by atoms with van der Waals surface area (Å²) in [6, 6.07) is 2.54. The topological polar surface area (TPSA) is 38.5 Å². The summed E-state index contributed by atoms with van der Waals surface area (Å²) in [4.78, 5) is 1.65. The van der Waals surface area contributed by atoms with Crippen LogP contribution in [0.3, 0.4) is 0 Å². The van der Waals surface area contributed by atoms with E-state index >= 15 is 0 Å². The van der Waals surface area contributed by atoms with E-state index < -0.39 is 11.6 Å². The van der Waals surface area contributed by atoms with Crippen LogP contribution in [0.25, 0.3) is 0 Å². The molecule has 1 rings (SSSR count). The summed E-state index contributed by atoms with van der Waals surface area (Å²) < 4.78 is 32.9. The second kappa shape index (κ2) is 6.66. The molecular weight excluding hydrogens is 238 g/mol. The van der Waals surface area contributed by atoms with Crippen LogP contribution in [0.1, 0.15) is 19.4 Å². The lowest BCUT2D eigenvalue weighted by Crippen LogP contribution is -2.35. The number of nitrogens with two attached hydrogens (primary N) is 1. The van der Waals surface area contributed by atoms with Crippen LogP contribution in [0.4, 0.5) is 14.5 Å². The normalized spacial score (nSPS) is 11.1. The van der Waals surface area contributed by atoms with Gasteiger partial charge in [0.1, 0.15) is 17.3 Å². The Morgan fingerprint density at radius 1 is 1.28 bits per heavy atom. The highest BCUT2D eigenvalue weighted by molar-refractivity contribution is 5.51. The molecule has 0 saturated carbocycles. The number of anilines is 1. The van der Waals surface area contributed by atoms with Gasteiger partial charge in [-0.05, 0) is 31.5 Å². The minimum Gasteiger partial charge on any atom is -0.383 e. The first-order valence-corrected chi connectivity index (χ1v) is 5.94. The van der Waals surface area contributed by atoms with Crippen molar-refractivity contribution in [3.05, 3.63) is 29.3 Å². The molecule has 5 heteroatoms. The Kier molecular flexibility index (Phi) is 5.50. The quantitative estimate of drug-likeness (QED) is 0.850. The average Bonchev–Trinajstić information content (AvgIpc) is 2.31. The smallest absolute Gasteiger partial charge is 0.149 e. The van der Waals surface area contributed by atoms with Gasteiger partial charge >= 0.3 is 0 Å². The van der Waals surface area contributed by atoms with Crippen molar-refractivity contribution in [2.75, 3.05) is 25.2 Å². The fourth-order valence-corrected chi connectivity index (χ4v) is 1.83. The molecule has 18 heavy (non-hydrogen) atoms. The van der Waals surface area contributed by atoms with Gasteiger partial charge in [0.2, 0.25) is 0 Å². The van der Waals surface area contributed by atoms with E-state index in [1.165, 1.54) is 12.1 Å². The number of ether oxygens (including phenoxy) is 1. The molecule has 102 valence electrons. The molecule has 0 aliphatic rings. The Morgan fingerprint density at radius 2 is 1.83 bits per heavy atom. The van der Waals surface area contributed by atoms with Crippen molar-refractivity contribution < 1.29 is 13.5 Å². The predicted octanol–water partition coefficient (Wildman–Crippen LogP) is 2.28. The van der Waals surface area contributed by atoms with Gasteiger partial charge in [0, 0.05) is 26.2 Å². The van der Waals surface area contributed by atoms with E-state index in [9.17, 15) is 8.78 Å². The molecular formula is C13H20F2N2O. The van der Waals surface area contributed by atoms with Crippen LogP contribution < -0.4 is 10.6 Å². The zero-order valence-corrected chi connectivity index (χ0v) is 11.0. The van der Waals surface area contributed by atoms with Crippen molar-refractivity contribution in [1.82, 2.24) is 0 Å². The van der Waals surface area contributed by atoms with E-state index in [1.54, 1.807) is 12.0 Å². The minimum atomic E-state index is -0.583. The molecule has 0 aromatic heterocycles. The molecule has 3 nitrogen and oxygen atoms in total. The van der Waals surface area contributed by atoms with Crippen LogP contribution in [0.15, 0.2) is 12.1 Å². The Morgan fingerprint density at radius 3 is 2.22 bits per heavy atom. The lowest BCUT2D eigenvalue weighted by atomic mass is 10.1. The third kappa shape index (κ3) is 3.40. The van der Waals surface area contributed by atoms with E-state index in [-0.39, 0.29) is 18.3 Å². The van der Waals surface area contributed by atoms with Gasteiger partial charge in [0.25, 0.3) is 0 Å². The second-order valence-corrected chi connectivity index (χ2v) is 4.39. The number of hydrogen-bond donors (Lipinski definition) is 1. The molecule has 0 spiro atoms. The maximum absolute atomic E-state index is 14.0. The molecule has 1 aromatic rings. The van der Waals surface area contributed by atoms with Crippen LogP contribution in [-0.4, -0.2) is 26.3 Å². The van der Waals surface area contributed by atoms with E-state index in [1.807, 2.05) is 13.8 Å². The molecule has 0 fully saturated rings. The maximum Gasteiger partial charge on any atom is 0.149 e. The predicted molar refractivity (Wildman–Crippen MR) is 68.6 cm³/mol. The highest BCUT2D eigenvalue weighted by Gasteiger charge is 2.20. The number of halogens is 2. The summed E-state index contributed by atoms with van der Waals surface area (Å²) in [5.74, 6) is -1.17. The Labute approximate surface area is 107 Å². The van der Waals surface area contributed by atoms with Gasteiger partial charge in [-0.1, -0.05) is 0 Å². The zero-order chi connectivity index (χ0) is 13.7. The second-order valence-electron chi connectivity index (χ2n) is 4.39. The summed E-state index contributed by atoms with van der Waals surface area (Å²) in [6.45, 7) is 4.73. The average molecular weight is 258 g/mol. The van der Waals surface area contributed by atoms with Gasteiger partial charge in [-0.25, -0.2) is 8.78 Å². The Hall–Kier alpha value is -1.20. The van der Waals surface area contributed by atoms with Crippen molar-refractivity contribution in [3.63, 3.8) is 0 Å². The minimum absolute atomic E-state index is 0.0146. The number of benzene rings is 1. The number of rotatable bonds is 6. The van der Waals surface area contributed by atoms with E-state index in [0.717, 1.165) is 0 Å². The molecule has 0 atom stereocenters. The van der Waals surface area contributed by atoms with Crippen molar-refractivity contribution in [1.29, 1.82) is 0 Å². The maximum atomic E-state index is 14.0. The lowest BCUT2D eigenvalue weighted by molar-refractivity contribution is 0.203. The van der Waals surface area contributed by atoms with Crippen LogP contribution in [0.5, 0.6) is 0 Å². The van der Waals surface area contributed by atoms with E-state index in [4.69, 9.17) is 10.5 Å². The van der Waals surface area contributed by atoms with Crippen molar-refractivity contribution in [3.8, 4) is 0 Å². The van der Waals surface area contributed by atoms with E-state index in [0.29, 0.717) is 18.7 Å². The first-order valence-electron chi connectivity index (χ1n) is 5.94. The third-order valence-electron chi connectivity index (χ3n) is 2.76. The Bertz CT molecular complexity index is 374. The fraction of sp³-hybridized carbons (Fsp3) is 0.538. The van der Waals surface area contributed by atoms with Gasteiger partial charge in [-0.3, -0.25) is 0 Å². The first-order chi connectivity index (χ1) is 8.51. The van der Waals surface area contributed by atoms with Gasteiger partial charge in [0.05, 0.1) is 6.61 Å². The van der Waals surface area contributed by atoms with Crippen molar-refractivity contribution >= 4 is 5.69 Å². The van der Waals surface area contributed by atoms with Crippen LogP contribution in [-0.2, 0) is 11.3 Å².